The number of rotatable bonds is 4. The molecular formula is C18H22N2O2. The Hall–Kier alpha value is -2.02. The van der Waals surface area contributed by atoms with Gasteiger partial charge in [0, 0.05) is 12.0 Å². The van der Waals surface area contributed by atoms with Gasteiger partial charge in [-0.25, -0.2) is 4.79 Å². The third-order valence-corrected chi connectivity index (χ3v) is 5.44. The zero-order valence-electron chi connectivity index (χ0n) is 12.8. The minimum Gasteiger partial charge on any atom is -0.445 e. The molecule has 3 aliphatic rings. The number of alkyl carbamates (subject to hydrolysis) is 1. The highest BCUT2D eigenvalue weighted by molar-refractivity contribution is 5.68. The molecule has 0 aliphatic heterocycles. The molecule has 3 aliphatic carbocycles. The molecule has 4 nitrogen and oxygen atoms in total. The van der Waals surface area contributed by atoms with Gasteiger partial charge >= 0.3 is 6.09 Å². The number of ether oxygens (including phenoxy) is 1. The Morgan fingerprint density at radius 2 is 1.77 bits per heavy atom. The average Bonchev–Trinajstić information content (AvgIpc) is 2.56. The van der Waals surface area contributed by atoms with Gasteiger partial charge in [0.1, 0.15) is 6.61 Å². The Labute approximate surface area is 131 Å². The first-order valence-corrected chi connectivity index (χ1v) is 8.01. The Bertz CT molecular complexity index is 552. The Balaban J connectivity index is 1.52. The molecule has 3 fully saturated rings. The molecule has 0 spiro atoms. The normalized spacial score (nSPS) is 29.6. The van der Waals surface area contributed by atoms with Crippen molar-refractivity contribution in [2.75, 3.05) is 0 Å². The predicted octanol–water partition coefficient (Wildman–Crippen LogP) is 3.92. The zero-order valence-corrected chi connectivity index (χ0v) is 12.8. The molecule has 0 heterocycles. The van der Waals surface area contributed by atoms with Crippen LogP contribution in [-0.4, -0.2) is 11.6 Å². The van der Waals surface area contributed by atoms with Crippen molar-refractivity contribution in [1.29, 1.82) is 5.26 Å². The summed E-state index contributed by atoms with van der Waals surface area (Å²) in [4.78, 5) is 12.1. The molecular weight excluding hydrogens is 276 g/mol. The van der Waals surface area contributed by atoms with E-state index in [9.17, 15) is 4.79 Å². The summed E-state index contributed by atoms with van der Waals surface area (Å²) in [6.07, 6.45) is 6.36. The number of nitriles is 1. The highest BCUT2D eigenvalue weighted by atomic mass is 16.5. The zero-order chi connectivity index (χ0) is 15.5. The number of carbonyl (C=O) groups is 1. The van der Waals surface area contributed by atoms with E-state index in [0.717, 1.165) is 44.1 Å². The van der Waals surface area contributed by atoms with Crippen molar-refractivity contribution in [2.45, 2.75) is 57.1 Å². The molecule has 0 unspecified atom stereocenters. The SMILES string of the molecule is N#CCC12CCC(NC(=O)OCc3ccccc3)(CC1)CC2. The summed E-state index contributed by atoms with van der Waals surface area (Å²) in [6.45, 7) is 0.307. The third-order valence-electron chi connectivity index (χ3n) is 5.44. The molecule has 4 rings (SSSR count). The number of hydrogen-bond acceptors (Lipinski definition) is 3. The van der Waals surface area contributed by atoms with E-state index in [-0.39, 0.29) is 17.0 Å². The summed E-state index contributed by atoms with van der Waals surface area (Å²) in [5, 5.41) is 12.1. The number of amides is 1. The van der Waals surface area contributed by atoms with Gasteiger partial charge in [-0.15, -0.1) is 0 Å². The number of fused-ring (bicyclic) bond motifs is 3. The van der Waals surface area contributed by atoms with Crippen LogP contribution in [0, 0.1) is 16.7 Å². The van der Waals surface area contributed by atoms with Crippen LogP contribution in [-0.2, 0) is 11.3 Å². The van der Waals surface area contributed by atoms with Gasteiger partial charge in [0.15, 0.2) is 0 Å². The van der Waals surface area contributed by atoms with E-state index < -0.39 is 0 Å². The molecule has 1 aromatic rings. The van der Waals surface area contributed by atoms with Crippen LogP contribution in [0.15, 0.2) is 30.3 Å². The van der Waals surface area contributed by atoms with E-state index in [2.05, 4.69) is 11.4 Å². The van der Waals surface area contributed by atoms with Gasteiger partial charge in [0.2, 0.25) is 0 Å². The van der Waals surface area contributed by atoms with Crippen molar-refractivity contribution in [3.8, 4) is 6.07 Å². The largest absolute Gasteiger partial charge is 0.445 e. The first-order chi connectivity index (χ1) is 10.7. The number of hydrogen-bond donors (Lipinski definition) is 1. The second-order valence-electron chi connectivity index (χ2n) is 6.80. The summed E-state index contributed by atoms with van der Waals surface area (Å²) >= 11 is 0. The molecule has 1 aromatic carbocycles. The first kappa shape index (κ1) is 14.9. The van der Waals surface area contributed by atoms with E-state index in [1.807, 2.05) is 30.3 Å². The molecule has 1 N–H and O–H groups in total. The quantitative estimate of drug-likeness (QED) is 0.916. The van der Waals surface area contributed by atoms with Crippen LogP contribution >= 0.6 is 0 Å². The van der Waals surface area contributed by atoms with Crippen LogP contribution in [0.2, 0.25) is 0 Å². The van der Waals surface area contributed by atoms with Crippen molar-refractivity contribution in [3.05, 3.63) is 35.9 Å². The maximum atomic E-state index is 12.1. The molecule has 0 atom stereocenters. The van der Waals surface area contributed by atoms with Crippen molar-refractivity contribution in [1.82, 2.24) is 5.32 Å². The van der Waals surface area contributed by atoms with Gasteiger partial charge in [-0.1, -0.05) is 30.3 Å². The lowest BCUT2D eigenvalue weighted by atomic mass is 9.56. The molecule has 0 aromatic heterocycles. The summed E-state index contributed by atoms with van der Waals surface area (Å²) in [6, 6.07) is 12.0. The number of carbonyl (C=O) groups excluding carboxylic acids is 1. The van der Waals surface area contributed by atoms with E-state index in [4.69, 9.17) is 10.00 Å². The number of nitrogens with zero attached hydrogens (tertiary/aromatic N) is 1. The van der Waals surface area contributed by atoms with Crippen LogP contribution in [0.5, 0.6) is 0 Å². The van der Waals surface area contributed by atoms with Gasteiger partial charge in [-0.05, 0) is 49.5 Å². The molecule has 3 saturated carbocycles. The Morgan fingerprint density at radius 3 is 2.36 bits per heavy atom. The van der Waals surface area contributed by atoms with Crippen LogP contribution < -0.4 is 5.32 Å². The second-order valence-corrected chi connectivity index (χ2v) is 6.80. The standard InChI is InChI=1S/C18H22N2O2/c19-13-12-17-6-9-18(10-7-17,11-8-17)20-16(21)22-14-15-4-2-1-3-5-15/h1-5H,6-12,14H2,(H,20,21). The third kappa shape index (κ3) is 3.09. The topological polar surface area (TPSA) is 62.1 Å². The highest BCUT2D eigenvalue weighted by Gasteiger charge is 2.49. The Morgan fingerprint density at radius 1 is 1.14 bits per heavy atom. The minimum absolute atomic E-state index is 0.106. The van der Waals surface area contributed by atoms with E-state index in [0.29, 0.717) is 13.0 Å². The van der Waals surface area contributed by atoms with Crippen LogP contribution in [0.4, 0.5) is 4.79 Å². The van der Waals surface area contributed by atoms with Crippen molar-refractivity contribution < 1.29 is 9.53 Å². The average molecular weight is 298 g/mol. The summed E-state index contributed by atoms with van der Waals surface area (Å²) in [5.74, 6) is 0. The monoisotopic (exact) mass is 298 g/mol. The lowest BCUT2D eigenvalue weighted by molar-refractivity contribution is 0.0229. The molecule has 2 bridgehead atoms. The highest BCUT2D eigenvalue weighted by Crippen LogP contribution is 2.53. The fourth-order valence-electron chi connectivity index (χ4n) is 3.86. The van der Waals surface area contributed by atoms with Crippen LogP contribution in [0.1, 0.15) is 50.5 Å². The summed E-state index contributed by atoms with van der Waals surface area (Å²) < 4.78 is 5.35. The van der Waals surface area contributed by atoms with Crippen molar-refractivity contribution >= 4 is 6.09 Å². The predicted molar refractivity (Wildman–Crippen MR) is 82.9 cm³/mol. The molecule has 0 saturated heterocycles. The van der Waals surface area contributed by atoms with Gasteiger partial charge in [0.05, 0.1) is 6.07 Å². The van der Waals surface area contributed by atoms with E-state index >= 15 is 0 Å². The fraction of sp³-hybridized carbons (Fsp3) is 0.556. The first-order valence-electron chi connectivity index (χ1n) is 8.01. The second kappa shape index (κ2) is 6.00. The van der Waals surface area contributed by atoms with Crippen molar-refractivity contribution in [3.63, 3.8) is 0 Å². The molecule has 22 heavy (non-hydrogen) atoms. The lowest BCUT2D eigenvalue weighted by Gasteiger charge is -2.52. The summed E-state index contributed by atoms with van der Waals surface area (Å²) in [5.41, 5.74) is 1.10. The maximum absolute atomic E-state index is 12.1. The van der Waals surface area contributed by atoms with Gasteiger partial charge in [0.25, 0.3) is 0 Å². The molecule has 4 heteroatoms. The summed E-state index contributed by atoms with van der Waals surface area (Å²) in [7, 11) is 0. The molecule has 0 radical (unpaired) electrons. The van der Waals surface area contributed by atoms with Gasteiger partial charge in [-0.3, -0.25) is 0 Å². The molecule has 1 amide bonds. The van der Waals surface area contributed by atoms with Gasteiger partial charge < -0.3 is 10.1 Å². The van der Waals surface area contributed by atoms with Gasteiger partial charge in [-0.2, -0.15) is 5.26 Å². The van der Waals surface area contributed by atoms with Crippen LogP contribution in [0.3, 0.4) is 0 Å². The van der Waals surface area contributed by atoms with Crippen LogP contribution in [0.25, 0.3) is 0 Å². The molecule has 116 valence electrons. The maximum Gasteiger partial charge on any atom is 0.407 e. The number of nitrogens with one attached hydrogen (secondary N) is 1. The van der Waals surface area contributed by atoms with E-state index in [1.54, 1.807) is 0 Å². The smallest absolute Gasteiger partial charge is 0.407 e. The lowest BCUT2D eigenvalue weighted by Crippen LogP contribution is -2.56. The number of benzene rings is 1. The van der Waals surface area contributed by atoms with Crippen molar-refractivity contribution in [2.24, 2.45) is 5.41 Å². The van der Waals surface area contributed by atoms with E-state index in [1.165, 1.54) is 0 Å². The fourth-order valence-corrected chi connectivity index (χ4v) is 3.86. The Kier molecular flexibility index (Phi) is 4.06. The minimum atomic E-state index is -0.321.